The highest BCUT2D eigenvalue weighted by Gasteiger charge is 2.23. The molecule has 8 heteroatoms. The van der Waals surface area contributed by atoms with E-state index in [2.05, 4.69) is 15.2 Å². The second kappa shape index (κ2) is 6.72. The summed E-state index contributed by atoms with van der Waals surface area (Å²) in [6, 6.07) is 3.54. The van der Waals surface area contributed by atoms with Gasteiger partial charge in [0.25, 0.3) is 5.69 Å². The molecule has 2 aromatic rings. The maximum atomic E-state index is 11.4. The molecule has 0 bridgehead atoms. The Balaban J connectivity index is 1.87. The van der Waals surface area contributed by atoms with Gasteiger partial charge in [-0.2, -0.15) is 0 Å². The molecule has 122 valence electrons. The lowest BCUT2D eigenvalue weighted by molar-refractivity contribution is -0.384. The minimum atomic E-state index is -0.298. The zero-order valence-electron chi connectivity index (χ0n) is 12.7. The predicted molar refractivity (Wildman–Crippen MR) is 93.7 cm³/mol. The molecule has 0 unspecified atom stereocenters. The van der Waals surface area contributed by atoms with Crippen LogP contribution in [0.25, 0.3) is 0 Å². The number of aryl methyl sites for hydroxylation is 1. The number of anilines is 2. The highest BCUT2D eigenvalue weighted by Crippen LogP contribution is 2.36. The molecule has 0 amide bonds. The number of nitrogens with one attached hydrogen (secondary N) is 1. The minimum Gasteiger partial charge on any atom is -0.380 e. The first-order chi connectivity index (χ1) is 11.0. The Labute approximate surface area is 143 Å². The van der Waals surface area contributed by atoms with E-state index in [1.807, 2.05) is 13.0 Å². The van der Waals surface area contributed by atoms with Crippen LogP contribution in [0.4, 0.5) is 17.1 Å². The van der Waals surface area contributed by atoms with Crippen molar-refractivity contribution in [2.75, 3.05) is 23.3 Å². The zero-order chi connectivity index (χ0) is 16.4. The third-order valence-corrected chi connectivity index (χ3v) is 5.06. The first-order valence-electron chi connectivity index (χ1n) is 7.42. The van der Waals surface area contributed by atoms with E-state index in [-0.39, 0.29) is 10.6 Å². The Morgan fingerprint density at radius 3 is 2.78 bits per heavy atom. The topological polar surface area (TPSA) is 71.3 Å². The summed E-state index contributed by atoms with van der Waals surface area (Å²) in [6.07, 6.45) is 3.89. The summed E-state index contributed by atoms with van der Waals surface area (Å²) >= 11 is 7.26. The molecular weight excluding hydrogens is 336 g/mol. The Kier molecular flexibility index (Phi) is 4.68. The zero-order valence-corrected chi connectivity index (χ0v) is 14.3. The molecule has 23 heavy (non-hydrogen) atoms. The maximum absolute atomic E-state index is 11.4. The molecule has 1 fully saturated rings. The van der Waals surface area contributed by atoms with Gasteiger partial charge in [-0.05, 0) is 31.4 Å². The molecule has 1 aliphatic rings. The molecule has 0 atom stereocenters. The van der Waals surface area contributed by atoms with Gasteiger partial charge in [0.15, 0.2) is 4.47 Å². The van der Waals surface area contributed by atoms with Crippen LogP contribution in [0.15, 0.2) is 18.3 Å². The number of halogens is 1. The van der Waals surface area contributed by atoms with E-state index in [4.69, 9.17) is 11.6 Å². The number of nitro benzene ring substituents is 1. The number of nitrogens with zero attached hydrogens (tertiary/aromatic N) is 3. The van der Waals surface area contributed by atoms with Gasteiger partial charge in [-0.1, -0.05) is 11.6 Å². The number of nitro groups is 1. The first-order valence-corrected chi connectivity index (χ1v) is 8.62. The SMILES string of the molecule is Cc1cc([N+](=O)[O-])c(N2CCCC2)cc1NCc1cnc(Cl)s1. The molecule has 1 N–H and O–H groups in total. The summed E-state index contributed by atoms with van der Waals surface area (Å²) in [5, 5.41) is 14.7. The van der Waals surface area contributed by atoms with Gasteiger partial charge in [0.05, 0.1) is 11.5 Å². The predicted octanol–water partition coefficient (Wildman–Crippen LogP) is 4.23. The molecule has 0 aliphatic carbocycles. The molecule has 3 rings (SSSR count). The lowest BCUT2D eigenvalue weighted by atomic mass is 10.1. The molecule has 1 aromatic carbocycles. The molecule has 0 saturated carbocycles. The highest BCUT2D eigenvalue weighted by atomic mass is 35.5. The average molecular weight is 353 g/mol. The summed E-state index contributed by atoms with van der Waals surface area (Å²) < 4.78 is 0.514. The van der Waals surface area contributed by atoms with Crippen molar-refractivity contribution >= 4 is 40.0 Å². The van der Waals surface area contributed by atoms with Gasteiger partial charge in [0.2, 0.25) is 0 Å². The van der Waals surface area contributed by atoms with Gasteiger partial charge in [0.1, 0.15) is 5.69 Å². The van der Waals surface area contributed by atoms with E-state index < -0.39 is 0 Å². The van der Waals surface area contributed by atoms with Gasteiger partial charge in [-0.3, -0.25) is 10.1 Å². The Bertz CT molecular complexity index is 728. The summed E-state index contributed by atoms with van der Waals surface area (Å²) in [6.45, 7) is 4.22. The summed E-state index contributed by atoms with van der Waals surface area (Å²) in [4.78, 5) is 18.2. The van der Waals surface area contributed by atoms with E-state index in [0.717, 1.165) is 42.1 Å². The molecule has 0 radical (unpaired) electrons. The van der Waals surface area contributed by atoms with Crippen molar-refractivity contribution in [1.82, 2.24) is 4.98 Å². The van der Waals surface area contributed by atoms with E-state index in [0.29, 0.717) is 16.7 Å². The van der Waals surface area contributed by atoms with Crippen LogP contribution in [0.2, 0.25) is 4.47 Å². The summed E-state index contributed by atoms with van der Waals surface area (Å²) in [5.74, 6) is 0. The quantitative estimate of drug-likeness (QED) is 0.644. The van der Waals surface area contributed by atoms with E-state index in [1.165, 1.54) is 11.3 Å². The van der Waals surface area contributed by atoms with Crippen molar-refractivity contribution in [2.24, 2.45) is 0 Å². The molecule has 1 aliphatic heterocycles. The van der Waals surface area contributed by atoms with E-state index >= 15 is 0 Å². The fraction of sp³-hybridized carbons (Fsp3) is 0.400. The first kappa shape index (κ1) is 16.0. The molecule has 1 aromatic heterocycles. The van der Waals surface area contributed by atoms with Crippen LogP contribution in [0.3, 0.4) is 0 Å². The second-order valence-electron chi connectivity index (χ2n) is 5.54. The van der Waals surface area contributed by atoms with Crippen LogP contribution >= 0.6 is 22.9 Å². The monoisotopic (exact) mass is 352 g/mol. The minimum absolute atomic E-state index is 0.177. The fourth-order valence-corrected chi connectivity index (χ4v) is 3.69. The van der Waals surface area contributed by atoms with Gasteiger partial charge in [-0.15, -0.1) is 11.3 Å². The normalized spacial score (nSPS) is 14.3. The summed E-state index contributed by atoms with van der Waals surface area (Å²) in [7, 11) is 0. The molecule has 2 heterocycles. The van der Waals surface area contributed by atoms with Gasteiger partial charge in [0, 0.05) is 35.9 Å². The van der Waals surface area contributed by atoms with Crippen molar-refractivity contribution in [3.63, 3.8) is 0 Å². The maximum Gasteiger partial charge on any atom is 0.292 e. The van der Waals surface area contributed by atoms with Gasteiger partial charge < -0.3 is 10.2 Å². The Morgan fingerprint density at radius 2 is 2.17 bits per heavy atom. The number of rotatable bonds is 5. The molecule has 1 saturated heterocycles. The smallest absolute Gasteiger partial charge is 0.292 e. The fourth-order valence-electron chi connectivity index (χ4n) is 2.78. The average Bonchev–Trinajstić information content (AvgIpc) is 3.17. The van der Waals surface area contributed by atoms with Crippen molar-refractivity contribution in [2.45, 2.75) is 26.3 Å². The van der Waals surface area contributed by atoms with E-state index in [1.54, 1.807) is 12.3 Å². The van der Waals surface area contributed by atoms with Crippen LogP contribution in [0.5, 0.6) is 0 Å². The second-order valence-corrected chi connectivity index (χ2v) is 7.24. The van der Waals surface area contributed by atoms with E-state index in [9.17, 15) is 10.1 Å². The largest absolute Gasteiger partial charge is 0.380 e. The van der Waals surface area contributed by atoms with Crippen LogP contribution in [0, 0.1) is 17.0 Å². The number of hydrogen-bond acceptors (Lipinski definition) is 6. The third kappa shape index (κ3) is 3.56. The van der Waals surface area contributed by atoms with Crippen molar-refractivity contribution in [3.05, 3.63) is 43.4 Å². The standard InChI is InChI=1S/C15H17ClN4O2S/c1-10-6-14(20(21)22)13(19-4-2-3-5-19)7-12(10)17-8-11-9-18-15(16)23-11/h6-7,9,17H,2-5,8H2,1H3. The van der Waals surface area contributed by atoms with Gasteiger partial charge in [-0.25, -0.2) is 4.98 Å². The van der Waals surface area contributed by atoms with Crippen LogP contribution in [-0.4, -0.2) is 23.0 Å². The van der Waals surface area contributed by atoms with Crippen LogP contribution in [0.1, 0.15) is 23.3 Å². The van der Waals surface area contributed by atoms with Crippen LogP contribution < -0.4 is 10.2 Å². The molecule has 6 nitrogen and oxygen atoms in total. The van der Waals surface area contributed by atoms with Crippen LogP contribution in [-0.2, 0) is 6.54 Å². The molecule has 0 spiro atoms. The number of benzene rings is 1. The number of thiazole rings is 1. The van der Waals surface area contributed by atoms with Crippen molar-refractivity contribution < 1.29 is 4.92 Å². The number of aromatic nitrogens is 1. The van der Waals surface area contributed by atoms with Crippen molar-refractivity contribution in [3.8, 4) is 0 Å². The highest BCUT2D eigenvalue weighted by molar-refractivity contribution is 7.15. The lowest BCUT2D eigenvalue weighted by Gasteiger charge is -2.20. The molecular formula is C15H17ClN4O2S. The summed E-state index contributed by atoms with van der Waals surface area (Å²) in [5.41, 5.74) is 2.64. The Hall–Kier alpha value is -1.86. The van der Waals surface area contributed by atoms with Gasteiger partial charge >= 0.3 is 0 Å². The van der Waals surface area contributed by atoms with Crippen molar-refractivity contribution in [1.29, 1.82) is 0 Å². The Morgan fingerprint density at radius 1 is 1.43 bits per heavy atom. The lowest BCUT2D eigenvalue weighted by Crippen LogP contribution is -2.19. The third-order valence-electron chi connectivity index (χ3n) is 3.94. The number of hydrogen-bond donors (Lipinski definition) is 1.